The lowest BCUT2D eigenvalue weighted by Crippen LogP contribution is -2.28. The summed E-state index contributed by atoms with van der Waals surface area (Å²) in [6, 6.07) is 7.25. The molecule has 0 saturated heterocycles. The smallest absolute Gasteiger partial charge is 0.434 e. The van der Waals surface area contributed by atoms with Crippen molar-refractivity contribution in [1.29, 1.82) is 0 Å². The van der Waals surface area contributed by atoms with Gasteiger partial charge in [-0.05, 0) is 44.3 Å². The molecule has 0 spiro atoms. The summed E-state index contributed by atoms with van der Waals surface area (Å²) >= 11 is 10.6. The monoisotopic (exact) mass is 412 g/mol. The number of allylic oxidation sites excluding steroid dienone is 4. The van der Waals surface area contributed by atoms with Gasteiger partial charge in [-0.15, -0.1) is 0 Å². The Balaban J connectivity index is 2.11. The van der Waals surface area contributed by atoms with E-state index in [2.05, 4.69) is 10.4 Å². The summed E-state index contributed by atoms with van der Waals surface area (Å²) in [5.41, 5.74) is 0.600. The van der Waals surface area contributed by atoms with Crippen LogP contribution in [0.3, 0.4) is 0 Å². The topological polar surface area (TPSA) is 68.8 Å². The molecular weight excluding hydrogens is 391 g/mol. The number of hydrogen-bond acceptors (Lipinski definition) is 6. The summed E-state index contributed by atoms with van der Waals surface area (Å²) < 4.78 is 28.8. The Hall–Kier alpha value is -1.57. The van der Waals surface area contributed by atoms with Gasteiger partial charge < -0.3 is 10.1 Å². The number of hydrogen-bond donors (Lipinski definition) is 2. The van der Waals surface area contributed by atoms with Gasteiger partial charge in [-0.1, -0.05) is 36.5 Å². The molecule has 1 aliphatic rings. The fraction of sp³-hybridized carbons (Fsp3) is 0.294. The minimum absolute atomic E-state index is 0.103. The second-order valence-electron chi connectivity index (χ2n) is 5.08. The van der Waals surface area contributed by atoms with E-state index in [4.69, 9.17) is 38.2 Å². The molecular formula is C17H21N2O4PS2. The molecule has 0 aliphatic heterocycles. The van der Waals surface area contributed by atoms with Crippen LogP contribution in [0.2, 0.25) is 0 Å². The van der Waals surface area contributed by atoms with Gasteiger partial charge in [0.25, 0.3) is 0 Å². The van der Waals surface area contributed by atoms with Gasteiger partial charge in [0, 0.05) is 6.42 Å². The first-order valence-electron chi connectivity index (χ1n) is 8.12. The minimum atomic E-state index is -3.51. The molecule has 0 radical (unpaired) electrons. The molecule has 26 heavy (non-hydrogen) atoms. The van der Waals surface area contributed by atoms with Crippen molar-refractivity contribution >= 4 is 47.8 Å². The zero-order valence-corrected chi connectivity index (χ0v) is 17.1. The van der Waals surface area contributed by atoms with Crippen molar-refractivity contribution in [3.05, 3.63) is 48.3 Å². The summed E-state index contributed by atoms with van der Waals surface area (Å²) in [5.74, 6) is 1.16. The van der Waals surface area contributed by atoms with E-state index >= 15 is 0 Å². The Labute approximate surface area is 164 Å². The van der Waals surface area contributed by atoms with Crippen LogP contribution in [0.4, 0.5) is 5.69 Å². The second-order valence-corrected chi connectivity index (χ2v) is 7.72. The van der Waals surface area contributed by atoms with E-state index in [1.807, 2.05) is 30.4 Å². The number of nitrogens with one attached hydrogen (secondary N) is 2. The number of rotatable bonds is 8. The Kier molecular flexibility index (Phi) is 7.93. The van der Waals surface area contributed by atoms with Crippen LogP contribution < -0.4 is 15.1 Å². The maximum atomic E-state index is 12.5. The molecule has 0 unspecified atom stereocenters. The number of ether oxygens (including phenoxy) is 1. The summed E-state index contributed by atoms with van der Waals surface area (Å²) in [4.78, 5) is 0.722. The van der Waals surface area contributed by atoms with E-state index in [-0.39, 0.29) is 18.3 Å². The van der Waals surface area contributed by atoms with E-state index in [0.717, 1.165) is 4.86 Å². The van der Waals surface area contributed by atoms with Gasteiger partial charge in [-0.25, -0.2) is 4.57 Å². The molecule has 0 saturated carbocycles. The average molecular weight is 412 g/mol. The highest BCUT2D eigenvalue weighted by Gasteiger charge is 2.25. The highest BCUT2D eigenvalue weighted by atomic mass is 32.1. The largest absolute Gasteiger partial charge is 0.454 e. The molecule has 0 atom stereocenters. The van der Waals surface area contributed by atoms with Gasteiger partial charge >= 0.3 is 7.75 Å². The third-order valence-corrected chi connectivity index (χ3v) is 5.57. The van der Waals surface area contributed by atoms with E-state index in [1.165, 1.54) is 0 Å². The molecule has 0 amide bonds. The fourth-order valence-electron chi connectivity index (χ4n) is 2.11. The van der Waals surface area contributed by atoms with Gasteiger partial charge in [0.15, 0.2) is 10.9 Å². The Morgan fingerprint density at radius 1 is 1.23 bits per heavy atom. The SMILES string of the molecule is CCOP(=O)(NC(=S)Nc1ccccc1OC1=CC=CCC1=S)OCC. The van der Waals surface area contributed by atoms with Crippen LogP contribution in [0.1, 0.15) is 20.3 Å². The van der Waals surface area contributed by atoms with Crippen molar-refractivity contribution in [2.75, 3.05) is 18.5 Å². The normalized spacial score (nSPS) is 13.9. The number of para-hydroxylation sites is 2. The molecule has 0 heterocycles. The molecule has 1 aromatic rings. The lowest BCUT2D eigenvalue weighted by molar-refractivity contribution is 0.216. The van der Waals surface area contributed by atoms with Gasteiger partial charge in [-0.2, -0.15) is 0 Å². The van der Waals surface area contributed by atoms with Crippen molar-refractivity contribution in [3.8, 4) is 5.75 Å². The standard InChI is InChI=1S/C17H21N2O4PS2/c1-3-21-24(20,22-4-2)19-17(26)18-13-9-5-6-10-14(13)23-15-11-7-8-12-16(15)25/h5-11H,3-4,12H2,1-2H3,(H2,18,19,20,26). The summed E-state index contributed by atoms with van der Waals surface area (Å²) in [5, 5.41) is 5.67. The van der Waals surface area contributed by atoms with Crippen molar-refractivity contribution in [1.82, 2.24) is 5.09 Å². The Morgan fingerprint density at radius 3 is 2.58 bits per heavy atom. The van der Waals surface area contributed by atoms with Gasteiger partial charge in [0.05, 0.1) is 23.8 Å². The molecule has 0 aromatic heterocycles. The summed E-state index contributed by atoms with van der Waals surface area (Å²) in [7, 11) is -3.51. The third kappa shape index (κ3) is 6.00. The highest BCUT2D eigenvalue weighted by molar-refractivity contribution is 7.81. The average Bonchev–Trinajstić information content (AvgIpc) is 2.58. The van der Waals surface area contributed by atoms with Crippen molar-refractivity contribution in [2.24, 2.45) is 0 Å². The van der Waals surface area contributed by atoms with Gasteiger partial charge in [0.1, 0.15) is 5.76 Å². The van der Waals surface area contributed by atoms with Crippen LogP contribution in [0.5, 0.6) is 5.75 Å². The predicted molar refractivity (Wildman–Crippen MR) is 112 cm³/mol. The molecule has 0 bridgehead atoms. The molecule has 2 rings (SSSR count). The highest BCUT2D eigenvalue weighted by Crippen LogP contribution is 2.43. The lowest BCUT2D eigenvalue weighted by atomic mass is 10.1. The predicted octanol–water partition coefficient (Wildman–Crippen LogP) is 4.75. The third-order valence-electron chi connectivity index (χ3n) is 3.15. The summed E-state index contributed by atoms with van der Waals surface area (Å²) in [6.45, 7) is 3.90. The van der Waals surface area contributed by atoms with Gasteiger partial charge in [-0.3, -0.25) is 14.1 Å². The number of anilines is 1. The molecule has 140 valence electrons. The molecule has 0 fully saturated rings. The van der Waals surface area contributed by atoms with E-state index in [0.29, 0.717) is 23.6 Å². The van der Waals surface area contributed by atoms with Gasteiger partial charge in [0.2, 0.25) is 0 Å². The van der Waals surface area contributed by atoms with E-state index in [9.17, 15) is 4.57 Å². The molecule has 1 aliphatic carbocycles. The fourth-order valence-corrected chi connectivity index (χ4v) is 3.95. The zero-order chi connectivity index (χ0) is 19.0. The number of benzene rings is 1. The minimum Gasteiger partial charge on any atom is -0.454 e. The zero-order valence-electron chi connectivity index (χ0n) is 14.6. The molecule has 1 aromatic carbocycles. The van der Waals surface area contributed by atoms with Crippen LogP contribution in [-0.2, 0) is 13.6 Å². The van der Waals surface area contributed by atoms with E-state index in [1.54, 1.807) is 26.0 Å². The van der Waals surface area contributed by atoms with Crippen LogP contribution in [0.15, 0.2) is 48.3 Å². The van der Waals surface area contributed by atoms with E-state index < -0.39 is 7.75 Å². The molecule has 6 nitrogen and oxygen atoms in total. The molecule has 9 heteroatoms. The first-order chi connectivity index (χ1) is 12.5. The first kappa shape index (κ1) is 20.7. The van der Waals surface area contributed by atoms with Crippen molar-refractivity contribution in [2.45, 2.75) is 20.3 Å². The summed E-state index contributed by atoms with van der Waals surface area (Å²) in [6.07, 6.45) is 6.35. The van der Waals surface area contributed by atoms with Crippen LogP contribution in [0, 0.1) is 0 Å². The van der Waals surface area contributed by atoms with Crippen LogP contribution in [0.25, 0.3) is 0 Å². The molecule has 2 N–H and O–H groups in total. The Bertz CT molecular complexity index is 770. The first-order valence-corrected chi connectivity index (χ1v) is 10.5. The Morgan fingerprint density at radius 2 is 1.92 bits per heavy atom. The quantitative estimate of drug-likeness (QED) is 0.468. The second kappa shape index (κ2) is 9.94. The maximum absolute atomic E-state index is 12.5. The van der Waals surface area contributed by atoms with Crippen molar-refractivity contribution < 1.29 is 18.3 Å². The maximum Gasteiger partial charge on any atom is 0.434 e. The van der Waals surface area contributed by atoms with Crippen LogP contribution in [-0.4, -0.2) is 23.2 Å². The van der Waals surface area contributed by atoms with Crippen molar-refractivity contribution in [3.63, 3.8) is 0 Å². The number of thiocarbonyl (C=S) groups is 2. The van der Waals surface area contributed by atoms with Crippen LogP contribution >= 0.6 is 32.2 Å². The lowest BCUT2D eigenvalue weighted by Gasteiger charge is -2.21.